The van der Waals surface area contributed by atoms with Crippen molar-refractivity contribution >= 4 is 23.4 Å². The highest BCUT2D eigenvalue weighted by Crippen LogP contribution is 2.38. The van der Waals surface area contributed by atoms with Crippen LogP contribution < -0.4 is 9.47 Å². The SMILES string of the molecule is O=C(CCCc1ccccc1)N1CCN(C(=O)c2cc(Cl)c3c(c2)OCCO3)CC1. The van der Waals surface area contributed by atoms with E-state index in [-0.39, 0.29) is 11.8 Å². The summed E-state index contributed by atoms with van der Waals surface area (Å²) in [5.74, 6) is 1.04. The molecule has 4 rings (SSSR count). The Labute approximate surface area is 181 Å². The molecule has 158 valence electrons. The van der Waals surface area contributed by atoms with Crippen LogP contribution in [0.5, 0.6) is 11.5 Å². The number of fused-ring (bicyclic) bond motifs is 1. The van der Waals surface area contributed by atoms with Gasteiger partial charge < -0.3 is 19.3 Å². The van der Waals surface area contributed by atoms with E-state index in [1.807, 2.05) is 23.1 Å². The largest absolute Gasteiger partial charge is 0.486 e. The van der Waals surface area contributed by atoms with Crippen LogP contribution in [0.15, 0.2) is 42.5 Å². The van der Waals surface area contributed by atoms with E-state index >= 15 is 0 Å². The number of carbonyl (C=O) groups is 2. The molecule has 0 saturated carbocycles. The number of rotatable bonds is 5. The van der Waals surface area contributed by atoms with Crippen molar-refractivity contribution in [3.8, 4) is 11.5 Å². The molecule has 2 aromatic rings. The van der Waals surface area contributed by atoms with Crippen LogP contribution in [0.2, 0.25) is 5.02 Å². The molecule has 0 atom stereocenters. The third kappa shape index (κ3) is 4.70. The molecule has 2 aliphatic heterocycles. The van der Waals surface area contributed by atoms with Gasteiger partial charge in [-0.3, -0.25) is 9.59 Å². The van der Waals surface area contributed by atoms with Gasteiger partial charge in [0, 0.05) is 38.2 Å². The molecule has 1 saturated heterocycles. The zero-order valence-corrected chi connectivity index (χ0v) is 17.6. The lowest BCUT2D eigenvalue weighted by Gasteiger charge is -2.35. The van der Waals surface area contributed by atoms with E-state index in [4.69, 9.17) is 21.1 Å². The quantitative estimate of drug-likeness (QED) is 0.732. The third-order valence-electron chi connectivity index (χ3n) is 5.46. The lowest BCUT2D eigenvalue weighted by Crippen LogP contribution is -2.50. The molecule has 30 heavy (non-hydrogen) atoms. The second-order valence-corrected chi connectivity index (χ2v) is 7.90. The number of halogens is 1. The minimum atomic E-state index is -0.106. The summed E-state index contributed by atoms with van der Waals surface area (Å²) in [6, 6.07) is 13.5. The van der Waals surface area contributed by atoms with E-state index < -0.39 is 0 Å². The van der Waals surface area contributed by atoms with Gasteiger partial charge in [0.1, 0.15) is 13.2 Å². The molecular formula is C23H25ClN2O4. The first-order valence-corrected chi connectivity index (χ1v) is 10.7. The topological polar surface area (TPSA) is 59.1 Å². The lowest BCUT2D eigenvalue weighted by molar-refractivity contribution is -0.132. The molecule has 7 heteroatoms. The van der Waals surface area contributed by atoms with Crippen molar-refractivity contribution in [1.29, 1.82) is 0 Å². The summed E-state index contributed by atoms with van der Waals surface area (Å²) in [6.07, 6.45) is 2.26. The predicted molar refractivity (Wildman–Crippen MR) is 114 cm³/mol. The van der Waals surface area contributed by atoms with E-state index in [0.29, 0.717) is 67.9 Å². The maximum atomic E-state index is 12.9. The summed E-state index contributed by atoms with van der Waals surface area (Å²) in [5, 5.41) is 0.378. The number of amides is 2. The Balaban J connectivity index is 1.28. The van der Waals surface area contributed by atoms with Crippen LogP contribution in [0.25, 0.3) is 0 Å². The summed E-state index contributed by atoms with van der Waals surface area (Å²) in [6.45, 7) is 3.00. The number of hydrogen-bond acceptors (Lipinski definition) is 4. The fourth-order valence-electron chi connectivity index (χ4n) is 3.82. The van der Waals surface area contributed by atoms with Gasteiger partial charge in [-0.05, 0) is 30.5 Å². The number of piperazine rings is 1. The van der Waals surface area contributed by atoms with Crippen LogP contribution in [-0.4, -0.2) is 61.0 Å². The molecule has 0 aromatic heterocycles. The Morgan fingerprint density at radius 3 is 2.40 bits per heavy atom. The van der Waals surface area contributed by atoms with Gasteiger partial charge >= 0.3 is 0 Å². The average Bonchev–Trinajstić information content (AvgIpc) is 2.79. The Kier molecular flexibility index (Phi) is 6.43. The van der Waals surface area contributed by atoms with Crippen LogP contribution in [-0.2, 0) is 11.2 Å². The molecular weight excluding hydrogens is 404 g/mol. The highest BCUT2D eigenvalue weighted by atomic mass is 35.5. The highest BCUT2D eigenvalue weighted by Gasteiger charge is 2.26. The van der Waals surface area contributed by atoms with Gasteiger partial charge in [-0.2, -0.15) is 0 Å². The number of carbonyl (C=O) groups excluding carboxylic acids is 2. The molecule has 2 heterocycles. The van der Waals surface area contributed by atoms with Crippen LogP contribution >= 0.6 is 11.6 Å². The molecule has 1 fully saturated rings. The molecule has 0 spiro atoms. The van der Waals surface area contributed by atoms with Gasteiger partial charge in [0.05, 0.1) is 5.02 Å². The van der Waals surface area contributed by atoms with Crippen molar-refractivity contribution in [2.45, 2.75) is 19.3 Å². The Morgan fingerprint density at radius 1 is 0.933 bits per heavy atom. The van der Waals surface area contributed by atoms with Crippen molar-refractivity contribution in [2.75, 3.05) is 39.4 Å². The van der Waals surface area contributed by atoms with Crippen molar-refractivity contribution in [3.05, 3.63) is 58.6 Å². The second-order valence-electron chi connectivity index (χ2n) is 7.49. The minimum Gasteiger partial charge on any atom is -0.486 e. The fourth-order valence-corrected chi connectivity index (χ4v) is 4.09. The number of aryl methyl sites for hydroxylation is 1. The summed E-state index contributed by atoms with van der Waals surface area (Å²) >= 11 is 6.26. The Hall–Kier alpha value is -2.73. The maximum Gasteiger partial charge on any atom is 0.254 e. The number of ether oxygens (including phenoxy) is 2. The third-order valence-corrected chi connectivity index (χ3v) is 5.74. The number of nitrogens with zero attached hydrogens (tertiary/aromatic N) is 2. The first-order valence-electron chi connectivity index (χ1n) is 10.3. The average molecular weight is 429 g/mol. The maximum absolute atomic E-state index is 12.9. The van der Waals surface area contributed by atoms with Gasteiger partial charge in [0.2, 0.25) is 5.91 Å². The lowest BCUT2D eigenvalue weighted by atomic mass is 10.1. The minimum absolute atomic E-state index is 0.106. The zero-order chi connectivity index (χ0) is 20.9. The summed E-state index contributed by atoms with van der Waals surface area (Å²) in [5.41, 5.74) is 1.73. The fraction of sp³-hybridized carbons (Fsp3) is 0.391. The first kappa shape index (κ1) is 20.5. The van der Waals surface area contributed by atoms with E-state index in [1.54, 1.807) is 17.0 Å². The number of hydrogen-bond donors (Lipinski definition) is 0. The molecule has 0 N–H and O–H groups in total. The second kappa shape index (κ2) is 9.39. The van der Waals surface area contributed by atoms with Crippen LogP contribution in [0.1, 0.15) is 28.8 Å². The van der Waals surface area contributed by atoms with Crippen molar-refractivity contribution < 1.29 is 19.1 Å². The van der Waals surface area contributed by atoms with Gasteiger partial charge in [-0.15, -0.1) is 0 Å². The van der Waals surface area contributed by atoms with Gasteiger partial charge in [0.25, 0.3) is 5.91 Å². The number of benzene rings is 2. The molecule has 0 aliphatic carbocycles. The highest BCUT2D eigenvalue weighted by molar-refractivity contribution is 6.32. The summed E-state index contributed by atoms with van der Waals surface area (Å²) in [4.78, 5) is 29.0. The van der Waals surface area contributed by atoms with E-state index in [9.17, 15) is 9.59 Å². The monoisotopic (exact) mass is 428 g/mol. The molecule has 0 bridgehead atoms. The van der Waals surface area contributed by atoms with Crippen LogP contribution in [0.3, 0.4) is 0 Å². The Bertz CT molecular complexity index is 911. The predicted octanol–water partition coefficient (Wildman–Crippen LogP) is 3.42. The Morgan fingerprint density at radius 2 is 1.63 bits per heavy atom. The van der Waals surface area contributed by atoms with Gasteiger partial charge in [0.15, 0.2) is 11.5 Å². The first-order chi connectivity index (χ1) is 14.6. The normalized spacial score (nSPS) is 15.8. The van der Waals surface area contributed by atoms with Crippen LogP contribution in [0.4, 0.5) is 0 Å². The van der Waals surface area contributed by atoms with Gasteiger partial charge in [-0.1, -0.05) is 41.9 Å². The van der Waals surface area contributed by atoms with Crippen LogP contribution in [0, 0.1) is 0 Å². The molecule has 2 amide bonds. The van der Waals surface area contributed by atoms with Crippen molar-refractivity contribution in [2.24, 2.45) is 0 Å². The molecule has 2 aliphatic rings. The summed E-state index contributed by atoms with van der Waals surface area (Å²) < 4.78 is 11.1. The van der Waals surface area contributed by atoms with E-state index in [1.165, 1.54) is 5.56 Å². The standard InChI is InChI=1S/C23H25ClN2O4/c24-19-15-18(16-20-22(19)30-14-13-29-20)23(28)26-11-9-25(10-12-26)21(27)8-4-7-17-5-2-1-3-6-17/h1-3,5-6,15-16H,4,7-14H2. The van der Waals surface area contributed by atoms with E-state index in [2.05, 4.69) is 12.1 Å². The van der Waals surface area contributed by atoms with Crippen molar-refractivity contribution in [1.82, 2.24) is 9.80 Å². The molecule has 0 radical (unpaired) electrons. The van der Waals surface area contributed by atoms with Gasteiger partial charge in [-0.25, -0.2) is 0 Å². The molecule has 2 aromatic carbocycles. The summed E-state index contributed by atoms with van der Waals surface area (Å²) in [7, 11) is 0. The molecule has 6 nitrogen and oxygen atoms in total. The molecule has 0 unspecified atom stereocenters. The van der Waals surface area contributed by atoms with Crippen molar-refractivity contribution in [3.63, 3.8) is 0 Å². The van der Waals surface area contributed by atoms with E-state index in [0.717, 1.165) is 12.8 Å². The zero-order valence-electron chi connectivity index (χ0n) is 16.8. The smallest absolute Gasteiger partial charge is 0.254 e.